The smallest absolute Gasteiger partial charge is 0.337 e. The number of pyridine rings is 1. The molecule has 1 aromatic carbocycles. The van der Waals surface area contributed by atoms with Crippen molar-refractivity contribution in [1.82, 2.24) is 14.5 Å². The third-order valence-electron chi connectivity index (χ3n) is 5.05. The number of anilines is 1. The molecule has 3 aromatic rings. The minimum absolute atomic E-state index is 0.214. The Morgan fingerprint density at radius 3 is 2.74 bits per heavy atom. The first-order valence-corrected chi connectivity index (χ1v) is 9.20. The fourth-order valence-corrected chi connectivity index (χ4v) is 3.69. The Morgan fingerprint density at radius 1 is 1.15 bits per heavy atom. The Balaban J connectivity index is 1.50. The lowest BCUT2D eigenvalue weighted by Crippen LogP contribution is -2.36. The molecular formula is C21H22N4O2. The fourth-order valence-electron chi connectivity index (χ4n) is 3.69. The summed E-state index contributed by atoms with van der Waals surface area (Å²) in [5.41, 5.74) is 1.47. The van der Waals surface area contributed by atoms with Crippen molar-refractivity contribution in [2.24, 2.45) is 0 Å². The van der Waals surface area contributed by atoms with Gasteiger partial charge < -0.3 is 14.6 Å². The Bertz CT molecular complexity index is 905. The summed E-state index contributed by atoms with van der Waals surface area (Å²) in [5.74, 6) is 1.31. The van der Waals surface area contributed by atoms with Crippen molar-refractivity contribution in [3.8, 4) is 0 Å². The molecule has 1 atom stereocenters. The second-order valence-corrected chi connectivity index (χ2v) is 6.89. The van der Waals surface area contributed by atoms with Gasteiger partial charge in [-0.1, -0.05) is 30.3 Å². The number of carbonyl (C=O) groups is 1. The maximum Gasteiger partial charge on any atom is 0.337 e. The van der Waals surface area contributed by atoms with Gasteiger partial charge in [-0.2, -0.15) is 0 Å². The number of benzene rings is 1. The highest BCUT2D eigenvalue weighted by atomic mass is 16.4. The summed E-state index contributed by atoms with van der Waals surface area (Å²) < 4.78 is 2.23. The molecule has 4 rings (SSSR count). The molecule has 0 radical (unpaired) electrons. The summed E-state index contributed by atoms with van der Waals surface area (Å²) >= 11 is 0. The second kappa shape index (κ2) is 7.61. The average molecular weight is 362 g/mol. The van der Waals surface area contributed by atoms with E-state index in [0.717, 1.165) is 44.1 Å². The number of carboxylic acid groups (broad SMARTS) is 1. The molecule has 1 saturated heterocycles. The summed E-state index contributed by atoms with van der Waals surface area (Å²) in [6.45, 7) is 2.58. The molecule has 1 aliphatic rings. The minimum Gasteiger partial charge on any atom is -0.478 e. The summed E-state index contributed by atoms with van der Waals surface area (Å²) in [6, 6.07) is 13.8. The Morgan fingerprint density at radius 2 is 2.00 bits per heavy atom. The molecule has 0 amide bonds. The van der Waals surface area contributed by atoms with Crippen molar-refractivity contribution < 1.29 is 9.90 Å². The van der Waals surface area contributed by atoms with Crippen molar-refractivity contribution in [2.45, 2.75) is 25.3 Å². The van der Waals surface area contributed by atoms with Gasteiger partial charge in [-0.05, 0) is 30.5 Å². The van der Waals surface area contributed by atoms with Crippen LogP contribution < -0.4 is 4.90 Å². The summed E-state index contributed by atoms with van der Waals surface area (Å²) in [5, 5.41) is 9.04. The predicted octanol–water partition coefficient (Wildman–Crippen LogP) is 3.41. The van der Waals surface area contributed by atoms with Crippen LogP contribution in [-0.4, -0.2) is 38.7 Å². The monoisotopic (exact) mass is 362 g/mol. The van der Waals surface area contributed by atoms with Crippen LogP contribution in [0.15, 0.2) is 61.1 Å². The van der Waals surface area contributed by atoms with Gasteiger partial charge in [0.2, 0.25) is 0 Å². The number of nitrogens with zero attached hydrogens (tertiary/aromatic N) is 4. The van der Waals surface area contributed by atoms with E-state index >= 15 is 0 Å². The molecule has 2 aromatic heterocycles. The Hall–Kier alpha value is -3.15. The number of hydrogen-bond donors (Lipinski definition) is 1. The van der Waals surface area contributed by atoms with E-state index in [1.54, 1.807) is 12.1 Å². The average Bonchev–Trinajstić information content (AvgIpc) is 3.17. The highest BCUT2D eigenvalue weighted by Gasteiger charge is 2.25. The first kappa shape index (κ1) is 17.3. The number of imidazole rings is 1. The van der Waals surface area contributed by atoms with Crippen LogP contribution >= 0.6 is 0 Å². The fraction of sp³-hybridized carbons (Fsp3) is 0.286. The number of piperidine rings is 1. The highest BCUT2D eigenvalue weighted by Crippen LogP contribution is 2.28. The number of aromatic carboxylic acids is 1. The van der Waals surface area contributed by atoms with Gasteiger partial charge in [0.25, 0.3) is 0 Å². The van der Waals surface area contributed by atoms with E-state index in [-0.39, 0.29) is 5.56 Å². The maximum absolute atomic E-state index is 11.0. The third-order valence-corrected chi connectivity index (χ3v) is 5.05. The van der Waals surface area contributed by atoms with Crippen molar-refractivity contribution in [2.75, 3.05) is 18.0 Å². The molecule has 0 bridgehead atoms. The van der Waals surface area contributed by atoms with Gasteiger partial charge in [-0.25, -0.2) is 14.8 Å². The van der Waals surface area contributed by atoms with E-state index in [2.05, 4.69) is 43.7 Å². The highest BCUT2D eigenvalue weighted by molar-refractivity contribution is 5.87. The van der Waals surface area contributed by atoms with E-state index in [1.165, 1.54) is 11.8 Å². The van der Waals surface area contributed by atoms with Crippen molar-refractivity contribution >= 4 is 11.8 Å². The lowest BCUT2D eigenvalue weighted by molar-refractivity contribution is 0.0696. The first-order valence-electron chi connectivity index (χ1n) is 9.20. The number of carboxylic acids is 1. The van der Waals surface area contributed by atoms with E-state index < -0.39 is 5.97 Å². The van der Waals surface area contributed by atoms with Crippen molar-refractivity contribution in [1.29, 1.82) is 0 Å². The van der Waals surface area contributed by atoms with Gasteiger partial charge in [0, 0.05) is 44.1 Å². The molecule has 3 heterocycles. The van der Waals surface area contributed by atoms with Crippen LogP contribution in [0.25, 0.3) is 0 Å². The number of hydrogen-bond acceptors (Lipinski definition) is 4. The van der Waals surface area contributed by atoms with Gasteiger partial charge in [0.15, 0.2) is 0 Å². The van der Waals surface area contributed by atoms with Crippen LogP contribution in [0.5, 0.6) is 0 Å². The van der Waals surface area contributed by atoms with Gasteiger partial charge in [-0.3, -0.25) is 0 Å². The minimum atomic E-state index is -0.950. The molecule has 1 aliphatic heterocycles. The second-order valence-electron chi connectivity index (χ2n) is 6.89. The summed E-state index contributed by atoms with van der Waals surface area (Å²) in [4.78, 5) is 22.2. The predicted molar refractivity (Wildman–Crippen MR) is 103 cm³/mol. The van der Waals surface area contributed by atoms with E-state index in [4.69, 9.17) is 5.11 Å². The zero-order valence-corrected chi connectivity index (χ0v) is 15.0. The van der Waals surface area contributed by atoms with E-state index in [0.29, 0.717) is 5.92 Å². The van der Waals surface area contributed by atoms with Gasteiger partial charge in [-0.15, -0.1) is 0 Å². The Kier molecular flexibility index (Phi) is 4.87. The van der Waals surface area contributed by atoms with Crippen LogP contribution in [0.3, 0.4) is 0 Å². The van der Waals surface area contributed by atoms with Crippen LogP contribution in [0, 0.1) is 0 Å². The largest absolute Gasteiger partial charge is 0.478 e. The quantitative estimate of drug-likeness (QED) is 0.753. The third kappa shape index (κ3) is 3.84. The normalized spacial score (nSPS) is 17.0. The van der Waals surface area contributed by atoms with E-state index in [1.807, 2.05) is 18.5 Å². The van der Waals surface area contributed by atoms with E-state index in [9.17, 15) is 4.79 Å². The molecule has 0 saturated carbocycles. The number of aromatic nitrogens is 3. The van der Waals surface area contributed by atoms with Crippen molar-refractivity contribution in [3.63, 3.8) is 0 Å². The molecule has 6 heteroatoms. The van der Waals surface area contributed by atoms with Gasteiger partial charge >= 0.3 is 5.97 Å². The SMILES string of the molecule is O=C(O)c1ccc(N2CCC[C@H](c3nccn3Cc3ccccc3)C2)nc1. The molecular weight excluding hydrogens is 340 g/mol. The lowest BCUT2D eigenvalue weighted by atomic mass is 9.97. The molecule has 0 aliphatic carbocycles. The molecule has 6 nitrogen and oxygen atoms in total. The van der Waals surface area contributed by atoms with Gasteiger partial charge in [0.1, 0.15) is 11.6 Å². The van der Waals surface area contributed by atoms with Crippen LogP contribution in [0.4, 0.5) is 5.82 Å². The van der Waals surface area contributed by atoms with Crippen LogP contribution in [-0.2, 0) is 6.54 Å². The Labute approximate surface area is 158 Å². The standard InChI is InChI=1S/C21H22N4O2/c26-21(27)17-8-9-19(23-13-17)24-11-4-7-18(15-24)20-22-10-12-25(20)14-16-5-2-1-3-6-16/h1-3,5-6,8-10,12-13,18H,4,7,11,14-15H2,(H,26,27)/t18-/m0/s1. The zero-order valence-electron chi connectivity index (χ0n) is 15.0. The van der Waals surface area contributed by atoms with Crippen molar-refractivity contribution in [3.05, 3.63) is 78.0 Å². The molecule has 138 valence electrons. The topological polar surface area (TPSA) is 71.2 Å². The van der Waals surface area contributed by atoms with Crippen LogP contribution in [0.1, 0.15) is 40.5 Å². The lowest BCUT2D eigenvalue weighted by Gasteiger charge is -2.33. The maximum atomic E-state index is 11.0. The number of rotatable bonds is 5. The summed E-state index contributed by atoms with van der Waals surface area (Å²) in [6.07, 6.45) is 7.50. The molecule has 0 spiro atoms. The van der Waals surface area contributed by atoms with Crippen LogP contribution in [0.2, 0.25) is 0 Å². The van der Waals surface area contributed by atoms with Gasteiger partial charge in [0.05, 0.1) is 5.56 Å². The molecule has 1 fully saturated rings. The summed E-state index contributed by atoms with van der Waals surface area (Å²) in [7, 11) is 0. The molecule has 27 heavy (non-hydrogen) atoms. The molecule has 1 N–H and O–H groups in total. The first-order chi connectivity index (χ1) is 13.2. The zero-order chi connectivity index (χ0) is 18.6. The molecule has 0 unspecified atom stereocenters.